The van der Waals surface area contributed by atoms with Gasteiger partial charge in [-0.2, -0.15) is 0 Å². The van der Waals surface area contributed by atoms with E-state index < -0.39 is 0 Å². The van der Waals surface area contributed by atoms with Gasteiger partial charge in [0.05, 0.1) is 11.4 Å². The third kappa shape index (κ3) is 6.65. The van der Waals surface area contributed by atoms with Crippen molar-refractivity contribution in [3.8, 4) is 55.6 Å². The summed E-state index contributed by atoms with van der Waals surface area (Å²) in [5.41, 5.74) is 16.6. The molecule has 0 spiro atoms. The first-order valence-electron chi connectivity index (χ1n) is 23.3. The molecule has 2 heteroatoms. The molecule has 1 heterocycles. The fourth-order valence-corrected chi connectivity index (χ4v) is 10.5. The van der Waals surface area contributed by atoms with Crippen LogP contribution < -0.4 is 4.90 Å². The average Bonchev–Trinajstić information content (AvgIpc) is 3.81. The first-order valence-corrected chi connectivity index (χ1v) is 23.3. The van der Waals surface area contributed by atoms with Crippen LogP contribution in [0, 0.1) is 0 Å². The lowest BCUT2D eigenvalue weighted by molar-refractivity contribution is 0.669. The van der Waals surface area contributed by atoms with Crippen LogP contribution in [0.25, 0.3) is 110 Å². The summed E-state index contributed by atoms with van der Waals surface area (Å²) in [6, 6.07) is 94.3. The highest BCUT2D eigenvalue weighted by Crippen LogP contribution is 2.49. The van der Waals surface area contributed by atoms with Crippen molar-refractivity contribution in [1.82, 2.24) is 0 Å². The van der Waals surface area contributed by atoms with Gasteiger partial charge in [0.25, 0.3) is 0 Å². The smallest absolute Gasteiger partial charge is 0.160 e. The highest BCUT2D eigenvalue weighted by molar-refractivity contribution is 6.18. The molecule has 318 valence electrons. The number of nitrogens with zero attached hydrogens (tertiary/aromatic N) is 1. The molecule has 0 bridgehead atoms. The van der Waals surface area contributed by atoms with Crippen molar-refractivity contribution in [2.75, 3.05) is 4.90 Å². The van der Waals surface area contributed by atoms with Gasteiger partial charge in [0.1, 0.15) is 5.58 Å². The lowest BCUT2D eigenvalue weighted by Gasteiger charge is -2.28. The highest BCUT2D eigenvalue weighted by Gasteiger charge is 2.24. The normalized spacial score (nSPS) is 11.5. The number of furan rings is 1. The first kappa shape index (κ1) is 39.4. The van der Waals surface area contributed by atoms with Crippen molar-refractivity contribution in [2.24, 2.45) is 0 Å². The van der Waals surface area contributed by atoms with Crippen molar-refractivity contribution in [3.05, 3.63) is 261 Å². The van der Waals surface area contributed by atoms with E-state index in [1.807, 2.05) is 0 Å². The summed E-state index contributed by atoms with van der Waals surface area (Å²) in [6.45, 7) is 0. The summed E-state index contributed by atoms with van der Waals surface area (Å²) in [6.07, 6.45) is 0. The Morgan fingerprint density at radius 1 is 0.250 bits per heavy atom. The van der Waals surface area contributed by atoms with Gasteiger partial charge >= 0.3 is 0 Å². The van der Waals surface area contributed by atoms with Gasteiger partial charge in [-0.1, -0.05) is 231 Å². The molecule has 0 saturated carbocycles. The zero-order chi connectivity index (χ0) is 45.0. The maximum Gasteiger partial charge on any atom is 0.160 e. The van der Waals surface area contributed by atoms with Crippen LogP contribution in [-0.2, 0) is 0 Å². The average molecular weight is 866 g/mol. The molecule has 1 aromatic heterocycles. The minimum atomic E-state index is 0.837. The Hall–Kier alpha value is -8.98. The molecule has 0 N–H and O–H groups in total. The number of rotatable bonds is 8. The minimum Gasteiger partial charge on any atom is -0.454 e. The van der Waals surface area contributed by atoms with E-state index in [0.29, 0.717) is 0 Å². The molecule has 0 fully saturated rings. The van der Waals surface area contributed by atoms with Crippen LogP contribution in [0.15, 0.2) is 265 Å². The predicted molar refractivity (Wildman–Crippen MR) is 288 cm³/mol. The molecule has 0 aliphatic carbocycles. The number of anilines is 3. The summed E-state index contributed by atoms with van der Waals surface area (Å²) >= 11 is 0. The highest BCUT2D eigenvalue weighted by atomic mass is 16.3. The van der Waals surface area contributed by atoms with Crippen LogP contribution in [0.2, 0.25) is 0 Å². The second-order valence-electron chi connectivity index (χ2n) is 17.5. The molecule has 0 saturated heterocycles. The Bertz CT molecular complexity index is 3990. The maximum absolute atomic E-state index is 7.07. The number of benzene rings is 12. The first-order chi connectivity index (χ1) is 33.7. The van der Waals surface area contributed by atoms with E-state index >= 15 is 0 Å². The van der Waals surface area contributed by atoms with Gasteiger partial charge in [0.2, 0.25) is 0 Å². The van der Waals surface area contributed by atoms with Crippen LogP contribution in [0.5, 0.6) is 0 Å². The number of hydrogen-bond acceptors (Lipinski definition) is 2. The quantitative estimate of drug-likeness (QED) is 0.151. The van der Waals surface area contributed by atoms with E-state index in [1.54, 1.807) is 0 Å². The SMILES string of the molecule is c1ccc(-c2ccc(N(c3ccc(-c4cccc5ccccc45)c4ccccc34)c3ccc(-c4ccc(-c5cccc6cccc(-c7ccccc7)c56)cc4)c4c3oc3ccccc34)cc2)cc1. The van der Waals surface area contributed by atoms with Gasteiger partial charge in [0, 0.05) is 21.8 Å². The van der Waals surface area contributed by atoms with Crippen molar-refractivity contribution < 1.29 is 4.42 Å². The van der Waals surface area contributed by atoms with Gasteiger partial charge in [-0.05, 0) is 113 Å². The van der Waals surface area contributed by atoms with Crippen molar-refractivity contribution >= 4 is 71.3 Å². The summed E-state index contributed by atoms with van der Waals surface area (Å²) in [4.78, 5) is 2.40. The van der Waals surface area contributed by atoms with Crippen LogP contribution in [0.4, 0.5) is 17.1 Å². The van der Waals surface area contributed by atoms with E-state index in [-0.39, 0.29) is 0 Å². The Labute approximate surface area is 395 Å². The lowest BCUT2D eigenvalue weighted by atomic mass is 9.90. The summed E-state index contributed by atoms with van der Waals surface area (Å²) in [5, 5.41) is 9.46. The van der Waals surface area contributed by atoms with Crippen molar-refractivity contribution in [1.29, 1.82) is 0 Å². The number of hydrogen-bond donors (Lipinski definition) is 0. The fourth-order valence-electron chi connectivity index (χ4n) is 10.5. The van der Waals surface area contributed by atoms with Crippen LogP contribution in [-0.4, -0.2) is 0 Å². The molecule has 68 heavy (non-hydrogen) atoms. The standard InChI is InChI=1S/C66H43NO/c1-3-16-44(17-4-1)45-36-38-51(39-37-45)67(61-42-41-58(57-25-9-10-26-59(57)61)56-30-13-21-46-20-7-8-24-52(46)56)62-43-40-55(65-60-27-11-12-31-63(60)68-66(62)65)49-34-32-48(33-35-49)54-29-15-23-50-22-14-28-53(64(50)54)47-18-5-2-6-19-47/h1-43H. The van der Waals surface area contributed by atoms with E-state index in [1.165, 1.54) is 65.9 Å². The fraction of sp³-hybridized carbons (Fsp3) is 0. The Morgan fingerprint density at radius 2 is 0.706 bits per heavy atom. The number of fused-ring (bicyclic) bond motifs is 6. The van der Waals surface area contributed by atoms with E-state index in [4.69, 9.17) is 4.42 Å². The Kier molecular flexibility index (Phi) is 9.54. The summed E-state index contributed by atoms with van der Waals surface area (Å²) in [7, 11) is 0. The molecule has 0 aliphatic heterocycles. The molecule has 0 unspecified atom stereocenters. The van der Waals surface area contributed by atoms with Gasteiger partial charge in [-0.15, -0.1) is 0 Å². The monoisotopic (exact) mass is 865 g/mol. The van der Waals surface area contributed by atoms with Gasteiger partial charge < -0.3 is 9.32 Å². The largest absolute Gasteiger partial charge is 0.454 e. The van der Waals surface area contributed by atoms with Crippen LogP contribution in [0.1, 0.15) is 0 Å². The molecule has 2 nitrogen and oxygen atoms in total. The van der Waals surface area contributed by atoms with Gasteiger partial charge in [-0.25, -0.2) is 0 Å². The predicted octanol–water partition coefficient (Wildman–Crippen LogP) is 18.9. The molecular formula is C66H43NO. The number of para-hydroxylation sites is 1. The molecular weight excluding hydrogens is 823 g/mol. The minimum absolute atomic E-state index is 0.837. The third-order valence-electron chi connectivity index (χ3n) is 13.7. The Morgan fingerprint density at radius 3 is 1.41 bits per heavy atom. The second kappa shape index (κ2) is 16.5. The van der Waals surface area contributed by atoms with E-state index in [9.17, 15) is 0 Å². The van der Waals surface area contributed by atoms with Gasteiger partial charge in [-0.3, -0.25) is 0 Å². The molecule has 13 aromatic rings. The molecule has 13 rings (SSSR count). The molecule has 0 radical (unpaired) electrons. The Balaban J connectivity index is 0.997. The summed E-state index contributed by atoms with van der Waals surface area (Å²) in [5.74, 6) is 0. The topological polar surface area (TPSA) is 16.4 Å². The third-order valence-corrected chi connectivity index (χ3v) is 13.7. The zero-order valence-electron chi connectivity index (χ0n) is 37.2. The zero-order valence-corrected chi connectivity index (χ0v) is 37.2. The van der Waals surface area contributed by atoms with Crippen molar-refractivity contribution in [2.45, 2.75) is 0 Å². The maximum atomic E-state index is 7.07. The van der Waals surface area contributed by atoms with Crippen LogP contribution in [0.3, 0.4) is 0 Å². The molecule has 0 atom stereocenters. The lowest BCUT2D eigenvalue weighted by Crippen LogP contribution is -2.11. The second-order valence-corrected chi connectivity index (χ2v) is 17.5. The van der Waals surface area contributed by atoms with Crippen LogP contribution >= 0.6 is 0 Å². The van der Waals surface area contributed by atoms with Gasteiger partial charge in [0.15, 0.2) is 5.58 Å². The summed E-state index contributed by atoms with van der Waals surface area (Å²) < 4.78 is 7.07. The molecule has 0 amide bonds. The molecule has 0 aliphatic rings. The van der Waals surface area contributed by atoms with Crippen molar-refractivity contribution in [3.63, 3.8) is 0 Å². The van der Waals surface area contributed by atoms with E-state index in [2.05, 4.69) is 266 Å². The molecule has 12 aromatic carbocycles. The van der Waals surface area contributed by atoms with E-state index in [0.717, 1.165) is 61.1 Å².